The zero-order valence-electron chi connectivity index (χ0n) is 20.1. The van der Waals surface area contributed by atoms with Crippen molar-refractivity contribution in [3.05, 3.63) is 41.8 Å². The van der Waals surface area contributed by atoms with Crippen LogP contribution in [0.4, 0.5) is 8.78 Å². The van der Waals surface area contributed by atoms with Gasteiger partial charge in [-0.1, -0.05) is 0 Å². The van der Waals surface area contributed by atoms with Gasteiger partial charge in [-0.05, 0) is 66.1 Å². The molecule has 1 aromatic carbocycles. The molecule has 0 fully saturated rings. The van der Waals surface area contributed by atoms with Crippen LogP contribution in [0.25, 0.3) is 22.3 Å². The number of alkyl halides is 1. The van der Waals surface area contributed by atoms with E-state index in [1.165, 1.54) is 31.3 Å². The van der Waals surface area contributed by atoms with Crippen molar-refractivity contribution < 1.29 is 18.3 Å². The third-order valence-electron chi connectivity index (χ3n) is 4.95. The number of likely N-dealkylation sites (N-methyl/N-ethyl adjacent to an activating group) is 1. The summed E-state index contributed by atoms with van der Waals surface area (Å²) in [6.45, 7) is 9.68. The normalized spacial score (nSPS) is 13.1. The Morgan fingerprint density at radius 2 is 1.94 bits per heavy atom. The van der Waals surface area contributed by atoms with Crippen LogP contribution in [0.2, 0.25) is 0 Å². The summed E-state index contributed by atoms with van der Waals surface area (Å²) in [5.74, 6) is -0.598. The number of hydrogen-bond donors (Lipinski definition) is 1. The number of fused-ring (bicyclic) bond motifs is 1. The largest absolute Gasteiger partial charge is 0.461 e. The lowest BCUT2D eigenvalue weighted by atomic mass is 10.0. The van der Waals surface area contributed by atoms with Crippen LogP contribution < -0.4 is 10.1 Å². The number of amides is 1. The van der Waals surface area contributed by atoms with Crippen LogP contribution in [0, 0.1) is 5.82 Å². The number of ether oxygens (including phenoxy) is 1. The molecule has 0 saturated heterocycles. The standard InChI is InChI=1S/C24H31F2N5O2/c1-14(2)31-20-10-16(23(32)28-24(4,5)13-30(6)7)12-27-22(20)21(29-31)18-11-17(33-15(3)25)8-9-19(18)26/h8-12,14-15H,13H2,1-7H3,(H,28,32). The van der Waals surface area contributed by atoms with E-state index in [1.807, 2.05) is 46.7 Å². The van der Waals surface area contributed by atoms with Crippen LogP contribution >= 0.6 is 0 Å². The Kier molecular flexibility index (Phi) is 7.02. The fraction of sp³-hybridized carbons (Fsp3) is 0.458. The van der Waals surface area contributed by atoms with Crippen molar-refractivity contribution in [2.24, 2.45) is 0 Å². The SMILES string of the molecule is CC(F)Oc1ccc(F)c(-c2nn(C(C)C)c3cc(C(=O)NC(C)(C)CN(C)C)cnc23)c1. The highest BCUT2D eigenvalue weighted by Gasteiger charge is 2.24. The minimum atomic E-state index is -1.54. The van der Waals surface area contributed by atoms with E-state index in [4.69, 9.17) is 4.74 Å². The molecule has 9 heteroatoms. The number of aromatic nitrogens is 3. The van der Waals surface area contributed by atoms with Gasteiger partial charge < -0.3 is 15.0 Å². The first-order valence-electron chi connectivity index (χ1n) is 10.8. The fourth-order valence-electron chi connectivity index (χ4n) is 3.87. The van der Waals surface area contributed by atoms with E-state index in [-0.39, 0.29) is 23.3 Å². The second-order valence-corrected chi connectivity index (χ2v) is 9.36. The van der Waals surface area contributed by atoms with Crippen LogP contribution in [0.3, 0.4) is 0 Å². The predicted octanol–water partition coefficient (Wildman–Crippen LogP) is 4.58. The molecule has 2 aromatic heterocycles. The Bertz CT molecular complexity index is 1160. The van der Waals surface area contributed by atoms with Gasteiger partial charge in [0.25, 0.3) is 5.91 Å². The molecule has 1 unspecified atom stereocenters. The molecule has 0 spiro atoms. The molecule has 0 bridgehead atoms. The topological polar surface area (TPSA) is 72.3 Å². The van der Waals surface area contributed by atoms with Gasteiger partial charge in [0.15, 0.2) is 0 Å². The lowest BCUT2D eigenvalue weighted by Crippen LogP contribution is -2.50. The Morgan fingerprint density at radius 3 is 2.55 bits per heavy atom. The molecule has 33 heavy (non-hydrogen) atoms. The van der Waals surface area contributed by atoms with E-state index in [0.29, 0.717) is 28.8 Å². The zero-order valence-corrected chi connectivity index (χ0v) is 20.1. The number of rotatable bonds is 8. The molecule has 2 heterocycles. The lowest BCUT2D eigenvalue weighted by Gasteiger charge is -2.29. The molecule has 3 rings (SSSR count). The summed E-state index contributed by atoms with van der Waals surface area (Å²) in [5, 5.41) is 7.61. The summed E-state index contributed by atoms with van der Waals surface area (Å²) in [5.41, 5.74) is 1.42. The smallest absolute Gasteiger partial charge is 0.253 e. The van der Waals surface area contributed by atoms with Gasteiger partial charge in [0, 0.05) is 36.8 Å². The van der Waals surface area contributed by atoms with Crippen molar-refractivity contribution >= 4 is 16.9 Å². The summed E-state index contributed by atoms with van der Waals surface area (Å²) in [6.07, 6.45) is -0.0783. The first-order valence-corrected chi connectivity index (χ1v) is 10.8. The number of carbonyl (C=O) groups excluding carboxylic acids is 1. The third-order valence-corrected chi connectivity index (χ3v) is 4.95. The summed E-state index contributed by atoms with van der Waals surface area (Å²) in [6, 6.07) is 5.62. The quantitative estimate of drug-likeness (QED) is 0.534. The van der Waals surface area contributed by atoms with Crippen molar-refractivity contribution in [2.75, 3.05) is 20.6 Å². The Balaban J connectivity index is 2.06. The van der Waals surface area contributed by atoms with Gasteiger partial charge in [-0.15, -0.1) is 0 Å². The maximum Gasteiger partial charge on any atom is 0.253 e. The number of nitrogens with zero attached hydrogens (tertiary/aromatic N) is 4. The van der Waals surface area contributed by atoms with Crippen LogP contribution in [0.5, 0.6) is 5.75 Å². The third kappa shape index (κ3) is 5.65. The first kappa shape index (κ1) is 24.6. The summed E-state index contributed by atoms with van der Waals surface area (Å²) in [7, 11) is 3.88. The van der Waals surface area contributed by atoms with Gasteiger partial charge in [-0.2, -0.15) is 5.10 Å². The molecule has 3 aromatic rings. The van der Waals surface area contributed by atoms with Crippen molar-refractivity contribution in [1.82, 2.24) is 25.0 Å². The molecule has 0 aliphatic heterocycles. The van der Waals surface area contributed by atoms with Crippen molar-refractivity contribution in [3.8, 4) is 17.0 Å². The molecular weight excluding hydrogens is 428 g/mol. The molecule has 0 aliphatic carbocycles. The Labute approximate surface area is 192 Å². The molecule has 1 atom stereocenters. The van der Waals surface area contributed by atoms with Gasteiger partial charge in [0.2, 0.25) is 6.36 Å². The van der Waals surface area contributed by atoms with E-state index >= 15 is 0 Å². The van der Waals surface area contributed by atoms with Gasteiger partial charge >= 0.3 is 0 Å². The predicted molar refractivity (Wildman–Crippen MR) is 125 cm³/mol. The Hall–Kier alpha value is -3.07. The fourth-order valence-corrected chi connectivity index (χ4v) is 3.87. The van der Waals surface area contributed by atoms with E-state index in [9.17, 15) is 13.6 Å². The number of benzene rings is 1. The summed E-state index contributed by atoms with van der Waals surface area (Å²) >= 11 is 0. The van der Waals surface area contributed by atoms with Crippen LogP contribution in [-0.4, -0.2) is 58.1 Å². The van der Waals surface area contributed by atoms with Gasteiger partial charge in [0.1, 0.15) is 22.8 Å². The van der Waals surface area contributed by atoms with Crippen molar-refractivity contribution in [1.29, 1.82) is 0 Å². The molecule has 7 nitrogen and oxygen atoms in total. The summed E-state index contributed by atoms with van der Waals surface area (Å²) in [4.78, 5) is 19.4. The van der Waals surface area contributed by atoms with E-state index in [2.05, 4.69) is 15.4 Å². The van der Waals surface area contributed by atoms with Gasteiger partial charge in [-0.25, -0.2) is 8.78 Å². The number of hydrogen-bond acceptors (Lipinski definition) is 5. The monoisotopic (exact) mass is 459 g/mol. The second kappa shape index (κ2) is 9.43. The number of halogens is 2. The van der Waals surface area contributed by atoms with Crippen LogP contribution in [-0.2, 0) is 0 Å². The molecule has 0 saturated carbocycles. The first-order chi connectivity index (χ1) is 15.4. The number of carbonyl (C=O) groups is 1. The molecule has 1 amide bonds. The summed E-state index contributed by atoms with van der Waals surface area (Å²) < 4.78 is 34.8. The van der Waals surface area contributed by atoms with Crippen molar-refractivity contribution in [3.63, 3.8) is 0 Å². The van der Waals surface area contributed by atoms with Gasteiger partial charge in [0.05, 0.1) is 11.1 Å². The second-order valence-electron chi connectivity index (χ2n) is 9.36. The van der Waals surface area contributed by atoms with E-state index in [0.717, 1.165) is 0 Å². The zero-order chi connectivity index (χ0) is 24.5. The number of pyridine rings is 1. The van der Waals surface area contributed by atoms with Crippen LogP contribution in [0.1, 0.15) is 51.0 Å². The van der Waals surface area contributed by atoms with Crippen molar-refractivity contribution in [2.45, 2.75) is 52.6 Å². The molecular formula is C24H31F2N5O2. The molecule has 178 valence electrons. The van der Waals surface area contributed by atoms with Gasteiger partial charge in [-0.3, -0.25) is 14.5 Å². The maximum absolute atomic E-state index is 14.7. The molecule has 1 N–H and O–H groups in total. The van der Waals surface area contributed by atoms with E-state index in [1.54, 1.807) is 10.7 Å². The average molecular weight is 460 g/mol. The highest BCUT2D eigenvalue weighted by molar-refractivity contribution is 5.99. The highest BCUT2D eigenvalue weighted by atomic mass is 19.1. The Morgan fingerprint density at radius 1 is 1.24 bits per heavy atom. The van der Waals surface area contributed by atoms with Crippen LogP contribution in [0.15, 0.2) is 30.5 Å². The highest BCUT2D eigenvalue weighted by Crippen LogP contribution is 2.33. The number of nitrogens with one attached hydrogen (secondary N) is 1. The lowest BCUT2D eigenvalue weighted by molar-refractivity contribution is 0.0859. The average Bonchev–Trinajstić information content (AvgIpc) is 3.06. The minimum Gasteiger partial charge on any atom is -0.461 e. The molecule has 0 radical (unpaired) electrons. The van der Waals surface area contributed by atoms with E-state index < -0.39 is 17.7 Å². The minimum absolute atomic E-state index is 0.0695. The maximum atomic E-state index is 14.7. The molecule has 0 aliphatic rings.